The molecule has 0 radical (unpaired) electrons. The number of hydrogen-bond acceptors (Lipinski definition) is 6. The lowest BCUT2D eigenvalue weighted by molar-refractivity contribution is -0.384. The normalized spacial score (nSPS) is 10.9. The molecule has 0 saturated carbocycles. The zero-order chi connectivity index (χ0) is 22.7. The van der Waals surface area contributed by atoms with Gasteiger partial charge < -0.3 is 5.32 Å². The third-order valence-electron chi connectivity index (χ3n) is 4.83. The van der Waals surface area contributed by atoms with Gasteiger partial charge in [0.15, 0.2) is 5.65 Å². The van der Waals surface area contributed by atoms with Crippen molar-refractivity contribution in [3.8, 4) is 0 Å². The minimum absolute atomic E-state index is 0.0430. The van der Waals surface area contributed by atoms with E-state index in [1.807, 2.05) is 30.3 Å². The number of amides is 1. The molecule has 4 aromatic rings. The van der Waals surface area contributed by atoms with Gasteiger partial charge >= 0.3 is 0 Å². The monoisotopic (exact) mass is 452 g/mol. The number of nitro groups is 1. The first-order valence-electron chi connectivity index (χ1n) is 9.61. The van der Waals surface area contributed by atoms with Crippen LogP contribution in [0, 0.1) is 10.1 Å². The largest absolute Gasteiger partial charge is 0.350 e. The summed E-state index contributed by atoms with van der Waals surface area (Å²) in [5.41, 5.74) is 0.966. The summed E-state index contributed by atoms with van der Waals surface area (Å²) < 4.78 is 3.03. The standard InChI is InChI=1S/C21H17ClN6O4/c22-17-7-6-15(10-18(17)28(31)32)20(29)23-8-9-27-19-16(11-25-27)21(30)26(13-24-19)12-14-4-2-1-3-5-14/h1-7,10-11,13H,8-9,12H2,(H,23,29). The molecule has 1 N–H and O–H groups in total. The SMILES string of the molecule is O=C(NCCn1ncc2c(=O)n(Cc3ccccc3)cnc21)c1ccc(Cl)c([N+](=O)[O-])c1. The maximum atomic E-state index is 12.8. The highest BCUT2D eigenvalue weighted by molar-refractivity contribution is 6.32. The van der Waals surface area contributed by atoms with E-state index in [-0.39, 0.29) is 34.9 Å². The van der Waals surface area contributed by atoms with Crippen LogP contribution in [0.1, 0.15) is 15.9 Å². The Kier molecular flexibility index (Phi) is 5.95. The number of nitrogens with one attached hydrogen (secondary N) is 1. The molecule has 0 spiro atoms. The van der Waals surface area contributed by atoms with Gasteiger partial charge in [-0.2, -0.15) is 5.10 Å². The van der Waals surface area contributed by atoms with Crippen LogP contribution in [-0.2, 0) is 13.1 Å². The molecule has 0 aliphatic carbocycles. The number of nitro benzene ring substituents is 1. The molecule has 162 valence electrons. The fraction of sp³-hybridized carbons (Fsp3) is 0.143. The molecule has 2 aromatic heterocycles. The van der Waals surface area contributed by atoms with Crippen molar-refractivity contribution in [2.45, 2.75) is 13.1 Å². The summed E-state index contributed by atoms with van der Waals surface area (Å²) >= 11 is 5.77. The number of benzene rings is 2. The second-order valence-electron chi connectivity index (χ2n) is 6.95. The van der Waals surface area contributed by atoms with E-state index in [9.17, 15) is 19.7 Å². The van der Waals surface area contributed by atoms with Crippen molar-refractivity contribution in [3.63, 3.8) is 0 Å². The zero-order valence-electron chi connectivity index (χ0n) is 16.6. The highest BCUT2D eigenvalue weighted by atomic mass is 35.5. The van der Waals surface area contributed by atoms with Crippen LogP contribution in [0.2, 0.25) is 5.02 Å². The van der Waals surface area contributed by atoms with Crippen LogP contribution < -0.4 is 10.9 Å². The number of aromatic nitrogens is 4. The molecular formula is C21H17ClN6O4. The maximum absolute atomic E-state index is 12.8. The lowest BCUT2D eigenvalue weighted by Gasteiger charge is -2.08. The Balaban J connectivity index is 1.44. The number of hydrogen-bond donors (Lipinski definition) is 1. The van der Waals surface area contributed by atoms with Crippen molar-refractivity contribution in [3.05, 3.63) is 97.7 Å². The average molecular weight is 453 g/mol. The fourth-order valence-corrected chi connectivity index (χ4v) is 3.41. The first kappa shape index (κ1) is 21.2. The third kappa shape index (κ3) is 4.35. The molecule has 2 aromatic carbocycles. The van der Waals surface area contributed by atoms with Gasteiger partial charge in [0.25, 0.3) is 17.2 Å². The molecule has 0 atom stereocenters. The van der Waals surface area contributed by atoms with Crippen LogP contribution in [0.3, 0.4) is 0 Å². The van der Waals surface area contributed by atoms with Crippen LogP contribution in [0.15, 0.2) is 65.8 Å². The molecule has 0 aliphatic rings. The van der Waals surface area contributed by atoms with Gasteiger partial charge in [0.1, 0.15) is 16.7 Å². The van der Waals surface area contributed by atoms with Crippen LogP contribution in [-0.4, -0.2) is 36.7 Å². The van der Waals surface area contributed by atoms with Crippen LogP contribution in [0.25, 0.3) is 11.0 Å². The smallest absolute Gasteiger partial charge is 0.288 e. The lowest BCUT2D eigenvalue weighted by Crippen LogP contribution is -2.28. The summed E-state index contributed by atoms with van der Waals surface area (Å²) in [5.74, 6) is -0.487. The van der Waals surface area contributed by atoms with Gasteiger partial charge in [-0.05, 0) is 17.7 Å². The number of carbonyl (C=O) groups is 1. The number of carbonyl (C=O) groups excluding carboxylic acids is 1. The molecular weight excluding hydrogens is 436 g/mol. The molecule has 0 bridgehead atoms. The van der Waals surface area contributed by atoms with Gasteiger partial charge in [-0.1, -0.05) is 41.9 Å². The van der Waals surface area contributed by atoms with E-state index in [2.05, 4.69) is 15.4 Å². The first-order chi connectivity index (χ1) is 15.4. The molecule has 32 heavy (non-hydrogen) atoms. The Morgan fingerprint density at radius 3 is 2.72 bits per heavy atom. The summed E-state index contributed by atoms with van der Waals surface area (Å²) in [4.78, 5) is 39.8. The van der Waals surface area contributed by atoms with Gasteiger partial charge in [0, 0.05) is 18.2 Å². The molecule has 0 aliphatic heterocycles. The van der Waals surface area contributed by atoms with E-state index in [0.717, 1.165) is 11.6 Å². The summed E-state index contributed by atoms with van der Waals surface area (Å²) in [7, 11) is 0. The van der Waals surface area contributed by atoms with E-state index in [1.165, 1.54) is 33.9 Å². The van der Waals surface area contributed by atoms with Gasteiger partial charge in [-0.3, -0.25) is 24.3 Å². The van der Waals surface area contributed by atoms with Gasteiger partial charge in [0.05, 0.1) is 24.2 Å². The number of nitrogens with zero attached hydrogens (tertiary/aromatic N) is 5. The summed E-state index contributed by atoms with van der Waals surface area (Å²) in [6.45, 7) is 0.845. The predicted molar refractivity (Wildman–Crippen MR) is 118 cm³/mol. The van der Waals surface area contributed by atoms with Crippen LogP contribution in [0.4, 0.5) is 5.69 Å². The van der Waals surface area contributed by atoms with Crippen molar-refractivity contribution < 1.29 is 9.72 Å². The molecule has 1 amide bonds. The quantitative estimate of drug-likeness (QED) is 0.339. The molecule has 11 heteroatoms. The van der Waals surface area contributed by atoms with Gasteiger partial charge in [-0.15, -0.1) is 0 Å². The highest BCUT2D eigenvalue weighted by Gasteiger charge is 2.16. The Morgan fingerprint density at radius 2 is 1.97 bits per heavy atom. The molecule has 0 fully saturated rings. The summed E-state index contributed by atoms with van der Waals surface area (Å²) in [6, 6.07) is 13.4. The lowest BCUT2D eigenvalue weighted by atomic mass is 10.2. The van der Waals surface area contributed by atoms with Gasteiger partial charge in [0.2, 0.25) is 0 Å². The van der Waals surface area contributed by atoms with E-state index in [0.29, 0.717) is 17.6 Å². The van der Waals surface area contributed by atoms with Crippen LogP contribution >= 0.6 is 11.6 Å². The number of halogens is 1. The molecule has 10 nitrogen and oxygen atoms in total. The van der Waals surface area contributed by atoms with Crippen molar-refractivity contribution in [2.24, 2.45) is 0 Å². The fourth-order valence-electron chi connectivity index (χ4n) is 3.23. The Bertz CT molecular complexity index is 1370. The van der Waals surface area contributed by atoms with Crippen LogP contribution in [0.5, 0.6) is 0 Å². The average Bonchev–Trinajstić information content (AvgIpc) is 3.20. The highest BCUT2D eigenvalue weighted by Crippen LogP contribution is 2.24. The number of fused-ring (bicyclic) bond motifs is 1. The van der Waals surface area contributed by atoms with E-state index in [4.69, 9.17) is 11.6 Å². The molecule has 2 heterocycles. The Labute approximate surface area is 186 Å². The Hall–Kier alpha value is -4.05. The first-order valence-corrected chi connectivity index (χ1v) is 9.99. The molecule has 0 saturated heterocycles. The minimum atomic E-state index is -0.648. The van der Waals surface area contributed by atoms with E-state index >= 15 is 0 Å². The van der Waals surface area contributed by atoms with Crippen molar-refractivity contribution >= 4 is 34.2 Å². The second kappa shape index (κ2) is 8.98. The number of rotatable bonds is 7. The van der Waals surface area contributed by atoms with Crippen molar-refractivity contribution in [1.82, 2.24) is 24.6 Å². The summed E-state index contributed by atoms with van der Waals surface area (Å²) in [5, 5.41) is 18.2. The van der Waals surface area contributed by atoms with Gasteiger partial charge in [-0.25, -0.2) is 9.67 Å². The predicted octanol–water partition coefficient (Wildman–Crippen LogP) is 2.63. The minimum Gasteiger partial charge on any atom is -0.350 e. The van der Waals surface area contributed by atoms with E-state index < -0.39 is 10.8 Å². The zero-order valence-corrected chi connectivity index (χ0v) is 17.4. The van der Waals surface area contributed by atoms with Crippen molar-refractivity contribution in [2.75, 3.05) is 6.54 Å². The Morgan fingerprint density at radius 1 is 1.19 bits per heavy atom. The maximum Gasteiger partial charge on any atom is 0.288 e. The van der Waals surface area contributed by atoms with Crippen molar-refractivity contribution in [1.29, 1.82) is 0 Å². The molecule has 4 rings (SSSR count). The molecule has 0 unspecified atom stereocenters. The van der Waals surface area contributed by atoms with E-state index in [1.54, 1.807) is 0 Å². The third-order valence-corrected chi connectivity index (χ3v) is 5.15. The topological polar surface area (TPSA) is 125 Å². The second-order valence-corrected chi connectivity index (χ2v) is 7.35. The summed E-state index contributed by atoms with van der Waals surface area (Å²) in [6.07, 6.45) is 2.93.